The molecule has 68 heavy (non-hydrogen) atoms. The summed E-state index contributed by atoms with van der Waals surface area (Å²) in [5, 5.41) is 47.3. The second-order valence-corrected chi connectivity index (χ2v) is 18.9. The molecule has 4 aromatic carbocycles. The number of carbonyl (C=O) groups excluding carboxylic acids is 3. The summed E-state index contributed by atoms with van der Waals surface area (Å²) < 4.78 is 50.6. The first kappa shape index (κ1) is 48.6. The van der Waals surface area contributed by atoms with Crippen molar-refractivity contribution >= 4 is 62.9 Å². The molecule has 0 saturated heterocycles. The molecule has 7 rings (SSSR count). The number of hydrogen-bond donors (Lipinski definition) is 10. The van der Waals surface area contributed by atoms with E-state index in [-0.39, 0.29) is 52.4 Å². The van der Waals surface area contributed by atoms with E-state index in [4.69, 9.17) is 31.2 Å². The van der Waals surface area contributed by atoms with Crippen molar-refractivity contribution in [3.05, 3.63) is 107 Å². The molecule has 3 aliphatic heterocycles. The van der Waals surface area contributed by atoms with Crippen molar-refractivity contribution in [2.24, 2.45) is 10.4 Å². The second kappa shape index (κ2) is 20.7. The van der Waals surface area contributed by atoms with Gasteiger partial charge < -0.3 is 66.2 Å². The summed E-state index contributed by atoms with van der Waals surface area (Å²) in [5.41, 5.74) is 0.282. The number of nitrogens with zero attached hydrogens (tertiary/aromatic N) is 1. The van der Waals surface area contributed by atoms with Gasteiger partial charge in [0.1, 0.15) is 41.4 Å². The number of phenolic OH excluding ortho intramolecular Hbond substituents is 2. The molecule has 0 aliphatic carbocycles. The number of phenols is 2. The second-order valence-electron chi connectivity index (χ2n) is 16.6. The fourth-order valence-electron chi connectivity index (χ4n) is 7.37. The average Bonchev–Trinajstić information content (AvgIpc) is 3.58. The predicted octanol–water partition coefficient (Wildman–Crippen LogP) is 2.82. The summed E-state index contributed by atoms with van der Waals surface area (Å²) in [4.78, 5) is 54.9. The molecule has 23 heteroatoms. The first-order valence-corrected chi connectivity index (χ1v) is 23.4. The van der Waals surface area contributed by atoms with Gasteiger partial charge >= 0.3 is 18.0 Å². The lowest BCUT2D eigenvalue weighted by molar-refractivity contribution is -0.138. The lowest BCUT2D eigenvalue weighted by Crippen LogP contribution is -2.49. The average molecular weight is 975 g/mol. The maximum Gasteiger partial charge on any atom is 0.407 e. The fourth-order valence-corrected chi connectivity index (χ4v) is 8.67. The standard InChI is InChI=1S/C45H50N8O13S2/c1-44(2,24-51-42(67)52-27-6-11-32-31(20-27)40(59)66-45(32)33-12-7-28(54)21-36(33)65-37-22-29(55)8-13-34(37)45)25-64-43(60)49-17-19-68(61,62)53-35(39(57)58)23-50-38(56)26-4-9-30(10-5-26)63-18-16-48-41-46-14-3-15-47-41/h4-13,20-22,35,53-55H,3,14-19,23-25H2,1-2H3,(H,49,60)(H,50,56)(H,57,58)(H2,46,47,48)(H2,51,52,67)/t35-/m0/s1. The van der Waals surface area contributed by atoms with Crippen LogP contribution in [0.15, 0.2) is 83.9 Å². The van der Waals surface area contributed by atoms with E-state index in [2.05, 4.69) is 36.9 Å². The molecular weight excluding hydrogens is 925 g/mol. The number of amides is 2. The molecule has 1 spiro atoms. The van der Waals surface area contributed by atoms with Gasteiger partial charge in [-0.05, 0) is 79.3 Å². The number of fused-ring (bicyclic) bond motifs is 6. The number of aliphatic carboxylic acids is 1. The number of alkyl carbamates (subject to hydrolysis) is 1. The number of benzene rings is 4. The van der Waals surface area contributed by atoms with Crippen LogP contribution >= 0.6 is 12.2 Å². The molecule has 4 aromatic rings. The number of aliphatic imine (C=N–C) groups is 1. The number of rotatable bonds is 18. The molecule has 3 heterocycles. The van der Waals surface area contributed by atoms with Gasteiger partial charge in [0.25, 0.3) is 5.91 Å². The third kappa shape index (κ3) is 11.8. The Kier molecular flexibility index (Phi) is 14.7. The third-order valence-corrected chi connectivity index (χ3v) is 12.4. The molecule has 0 fully saturated rings. The summed E-state index contributed by atoms with van der Waals surface area (Å²) in [7, 11) is -4.25. The molecule has 1 atom stereocenters. The molecule has 0 bridgehead atoms. The maximum atomic E-state index is 13.5. The molecule has 2 amide bonds. The van der Waals surface area contributed by atoms with Crippen LogP contribution in [-0.4, -0.2) is 123 Å². The van der Waals surface area contributed by atoms with Crippen molar-refractivity contribution in [2.45, 2.75) is 31.9 Å². The highest BCUT2D eigenvalue weighted by atomic mass is 32.2. The molecule has 21 nitrogen and oxygen atoms in total. The molecule has 3 aliphatic rings. The quantitative estimate of drug-likeness (QED) is 0.0390. The largest absolute Gasteiger partial charge is 0.508 e. The molecule has 0 aromatic heterocycles. The molecule has 360 valence electrons. The van der Waals surface area contributed by atoms with Crippen molar-refractivity contribution < 1.29 is 61.9 Å². The minimum absolute atomic E-state index is 0.0617. The van der Waals surface area contributed by atoms with Crippen molar-refractivity contribution in [1.29, 1.82) is 0 Å². The Morgan fingerprint density at radius 3 is 2.28 bits per heavy atom. The van der Waals surface area contributed by atoms with Crippen LogP contribution in [0.5, 0.6) is 28.7 Å². The number of hydrogen-bond acceptors (Lipinski definition) is 16. The van der Waals surface area contributed by atoms with E-state index in [9.17, 15) is 42.9 Å². The van der Waals surface area contributed by atoms with Crippen LogP contribution in [-0.2, 0) is 29.9 Å². The predicted molar refractivity (Wildman–Crippen MR) is 251 cm³/mol. The monoisotopic (exact) mass is 974 g/mol. The van der Waals surface area contributed by atoms with Gasteiger partial charge in [0.2, 0.25) is 10.0 Å². The zero-order valence-electron chi connectivity index (χ0n) is 36.8. The minimum Gasteiger partial charge on any atom is -0.508 e. The molecule has 0 unspecified atom stereocenters. The van der Waals surface area contributed by atoms with Crippen LogP contribution in [0.2, 0.25) is 0 Å². The van der Waals surface area contributed by atoms with Crippen LogP contribution in [0.25, 0.3) is 0 Å². The molecule has 10 N–H and O–H groups in total. The van der Waals surface area contributed by atoms with E-state index in [1.54, 1.807) is 56.3 Å². The van der Waals surface area contributed by atoms with Crippen molar-refractivity contribution in [3.8, 4) is 28.7 Å². The van der Waals surface area contributed by atoms with Crippen molar-refractivity contribution in [3.63, 3.8) is 0 Å². The summed E-state index contributed by atoms with van der Waals surface area (Å²) in [5.74, 6) is -1.85. The van der Waals surface area contributed by atoms with Crippen molar-refractivity contribution in [2.75, 3.05) is 63.6 Å². The number of aromatic hydroxyl groups is 2. The zero-order valence-corrected chi connectivity index (χ0v) is 38.5. The minimum atomic E-state index is -4.25. The number of nitrogens with one attached hydrogen (secondary N) is 7. The summed E-state index contributed by atoms with van der Waals surface area (Å²) >= 11 is 5.52. The normalized spacial score (nSPS) is 14.8. The van der Waals surface area contributed by atoms with Gasteiger partial charge in [0, 0.05) is 78.2 Å². The Bertz CT molecular complexity index is 2680. The first-order chi connectivity index (χ1) is 32.4. The van der Waals surface area contributed by atoms with Gasteiger partial charge in [-0.15, -0.1) is 0 Å². The van der Waals surface area contributed by atoms with E-state index in [0.717, 1.165) is 25.5 Å². The topological polar surface area (TPSA) is 297 Å². The van der Waals surface area contributed by atoms with Crippen LogP contribution in [0.4, 0.5) is 10.5 Å². The number of esters is 1. The number of anilines is 1. The molecule has 0 radical (unpaired) electrons. The van der Waals surface area contributed by atoms with Gasteiger partial charge in [0.05, 0.1) is 24.5 Å². The summed E-state index contributed by atoms with van der Waals surface area (Å²) in [6.07, 6.45) is 0.0651. The van der Waals surface area contributed by atoms with Crippen LogP contribution in [0.3, 0.4) is 0 Å². The summed E-state index contributed by atoms with van der Waals surface area (Å²) in [6.45, 7) is 5.17. The number of sulfonamides is 1. The maximum absolute atomic E-state index is 13.5. The van der Waals surface area contributed by atoms with E-state index >= 15 is 0 Å². The molecule has 0 saturated carbocycles. The summed E-state index contributed by atoms with van der Waals surface area (Å²) in [6, 6.07) is 18.4. The van der Waals surface area contributed by atoms with Gasteiger partial charge in [-0.25, -0.2) is 18.0 Å². The third-order valence-electron chi connectivity index (χ3n) is 10.8. The zero-order chi connectivity index (χ0) is 48.6. The Morgan fingerprint density at radius 2 is 1.62 bits per heavy atom. The fraction of sp³-hybridized carbons (Fsp3) is 0.333. The van der Waals surface area contributed by atoms with E-state index < -0.39 is 69.9 Å². The van der Waals surface area contributed by atoms with Gasteiger partial charge in [-0.1, -0.05) is 19.9 Å². The Morgan fingerprint density at radius 1 is 0.926 bits per heavy atom. The highest BCUT2D eigenvalue weighted by Crippen LogP contribution is 2.57. The van der Waals surface area contributed by atoms with Gasteiger partial charge in [0.15, 0.2) is 16.7 Å². The lowest BCUT2D eigenvalue weighted by atomic mass is 9.77. The smallest absolute Gasteiger partial charge is 0.407 e. The SMILES string of the molecule is CC(C)(CNC(=S)Nc1ccc2c(c1)C(=O)OC21c2ccc(O)cc2Oc2cc(O)ccc21)COC(=O)NCCS(=O)(=O)N[C@@H](CNC(=O)c1ccc(OCCNC2=NCCCN2)cc1)C(=O)O. The van der Waals surface area contributed by atoms with E-state index in [0.29, 0.717) is 41.3 Å². The number of guanidine groups is 1. The molecular formula is C45H50N8O13S2. The van der Waals surface area contributed by atoms with Crippen LogP contribution in [0, 0.1) is 5.41 Å². The Balaban J connectivity index is 0.824. The number of carboxylic acids is 1. The number of carbonyl (C=O) groups is 4. The Labute approximate surface area is 396 Å². The lowest BCUT2D eigenvalue weighted by Gasteiger charge is -2.36. The Hall–Kier alpha value is -7.37. The van der Waals surface area contributed by atoms with Crippen LogP contribution in [0.1, 0.15) is 57.7 Å². The van der Waals surface area contributed by atoms with Gasteiger partial charge in [-0.2, -0.15) is 4.72 Å². The highest BCUT2D eigenvalue weighted by molar-refractivity contribution is 7.89. The van der Waals surface area contributed by atoms with Crippen LogP contribution < -0.4 is 46.1 Å². The number of ether oxygens (including phenoxy) is 4. The number of thiocarbonyl (C=S) groups is 1. The first-order valence-electron chi connectivity index (χ1n) is 21.4. The van der Waals surface area contributed by atoms with E-state index in [1.165, 1.54) is 36.4 Å². The van der Waals surface area contributed by atoms with Crippen molar-refractivity contribution in [1.82, 2.24) is 31.3 Å². The highest BCUT2D eigenvalue weighted by Gasteiger charge is 2.53. The van der Waals surface area contributed by atoms with Gasteiger partial charge in [-0.3, -0.25) is 14.6 Å². The van der Waals surface area contributed by atoms with E-state index in [1.807, 2.05) is 4.72 Å². The number of carboxylic acid groups (broad SMARTS) is 1.